The van der Waals surface area contributed by atoms with Gasteiger partial charge in [-0.15, -0.1) is 0 Å². The van der Waals surface area contributed by atoms with Crippen molar-refractivity contribution in [2.45, 2.75) is 12.8 Å². The lowest BCUT2D eigenvalue weighted by Gasteiger charge is -2.19. The number of rotatable bonds is 4. The molecule has 0 amide bonds. The van der Waals surface area contributed by atoms with Crippen molar-refractivity contribution in [3.05, 3.63) is 60.4 Å². The summed E-state index contributed by atoms with van der Waals surface area (Å²) < 4.78 is 5.80. The minimum atomic E-state index is 0.671. The molecule has 0 bridgehead atoms. The number of ether oxygens (including phenoxy) is 1. The van der Waals surface area contributed by atoms with Gasteiger partial charge in [0.25, 0.3) is 0 Å². The van der Waals surface area contributed by atoms with Gasteiger partial charge in [0.15, 0.2) is 0 Å². The number of benzene rings is 1. The van der Waals surface area contributed by atoms with E-state index in [2.05, 4.69) is 22.5 Å². The summed E-state index contributed by atoms with van der Waals surface area (Å²) >= 11 is 0. The maximum atomic E-state index is 5.80. The highest BCUT2D eigenvalue weighted by Crippen LogP contribution is 2.22. The van der Waals surface area contributed by atoms with E-state index in [1.54, 1.807) is 6.20 Å². The second-order valence-electron chi connectivity index (χ2n) is 5.32. The average molecular weight is 280 g/mol. The summed E-state index contributed by atoms with van der Waals surface area (Å²) in [4.78, 5) is 4.26. The number of pyridine rings is 1. The van der Waals surface area contributed by atoms with Crippen LogP contribution in [0.5, 0.6) is 11.5 Å². The smallest absolute Gasteiger partial charge is 0.146 e. The third-order valence-corrected chi connectivity index (χ3v) is 3.66. The van der Waals surface area contributed by atoms with Crippen molar-refractivity contribution in [2.24, 2.45) is 5.92 Å². The molecule has 3 heteroatoms. The van der Waals surface area contributed by atoms with E-state index in [9.17, 15) is 0 Å². The fourth-order valence-corrected chi connectivity index (χ4v) is 2.49. The minimum absolute atomic E-state index is 0.671. The van der Waals surface area contributed by atoms with Gasteiger partial charge in [0, 0.05) is 6.20 Å². The first kappa shape index (κ1) is 13.8. The minimum Gasteiger partial charge on any atom is -0.456 e. The van der Waals surface area contributed by atoms with Crippen molar-refractivity contribution in [1.82, 2.24) is 10.3 Å². The van der Waals surface area contributed by atoms with E-state index >= 15 is 0 Å². The van der Waals surface area contributed by atoms with Crippen molar-refractivity contribution < 1.29 is 4.74 Å². The number of para-hydroxylation sites is 1. The molecule has 1 aliphatic rings. The van der Waals surface area contributed by atoms with E-state index in [4.69, 9.17) is 4.74 Å². The number of nitrogens with one attached hydrogen (secondary N) is 1. The Bertz CT molecular complexity index is 589. The zero-order chi connectivity index (χ0) is 14.3. The van der Waals surface area contributed by atoms with Crippen LogP contribution in [0.25, 0.3) is 6.08 Å². The SMILES string of the molecule is C(=C\C1CCNCC1)/c1cncc(Oc2ccccc2)c1. The first-order valence-electron chi connectivity index (χ1n) is 7.47. The molecule has 1 aromatic heterocycles. The Morgan fingerprint density at radius 3 is 2.67 bits per heavy atom. The van der Waals surface area contributed by atoms with E-state index in [-0.39, 0.29) is 0 Å². The molecule has 1 saturated heterocycles. The maximum absolute atomic E-state index is 5.80. The highest BCUT2D eigenvalue weighted by Gasteiger charge is 2.09. The molecule has 1 fully saturated rings. The number of piperidine rings is 1. The Hall–Kier alpha value is -2.13. The molecule has 1 aliphatic heterocycles. The molecule has 3 nitrogen and oxygen atoms in total. The second-order valence-corrected chi connectivity index (χ2v) is 5.32. The van der Waals surface area contributed by atoms with Crippen LogP contribution in [0.1, 0.15) is 18.4 Å². The van der Waals surface area contributed by atoms with Crippen LogP contribution < -0.4 is 10.1 Å². The third-order valence-electron chi connectivity index (χ3n) is 3.66. The molecule has 0 spiro atoms. The van der Waals surface area contributed by atoms with Gasteiger partial charge in [0.1, 0.15) is 11.5 Å². The topological polar surface area (TPSA) is 34.2 Å². The summed E-state index contributed by atoms with van der Waals surface area (Å²) in [6.07, 6.45) is 10.5. The van der Waals surface area contributed by atoms with Gasteiger partial charge in [0.2, 0.25) is 0 Å². The molecule has 1 aromatic carbocycles. The molecule has 1 N–H and O–H groups in total. The highest BCUT2D eigenvalue weighted by molar-refractivity contribution is 5.50. The van der Waals surface area contributed by atoms with E-state index in [1.807, 2.05) is 42.6 Å². The van der Waals surface area contributed by atoms with Gasteiger partial charge >= 0.3 is 0 Å². The summed E-state index contributed by atoms with van der Waals surface area (Å²) in [5.41, 5.74) is 1.09. The molecule has 21 heavy (non-hydrogen) atoms. The molecule has 0 unspecified atom stereocenters. The largest absolute Gasteiger partial charge is 0.456 e. The van der Waals surface area contributed by atoms with Crippen LogP contribution >= 0.6 is 0 Å². The van der Waals surface area contributed by atoms with Crippen LogP contribution in [0, 0.1) is 5.92 Å². The van der Waals surface area contributed by atoms with Crippen LogP contribution in [0.4, 0.5) is 0 Å². The van der Waals surface area contributed by atoms with Gasteiger partial charge in [-0.3, -0.25) is 4.98 Å². The first-order chi connectivity index (χ1) is 10.4. The molecule has 3 rings (SSSR count). The fourth-order valence-electron chi connectivity index (χ4n) is 2.49. The Balaban J connectivity index is 1.66. The van der Waals surface area contributed by atoms with Crippen molar-refractivity contribution in [3.63, 3.8) is 0 Å². The Morgan fingerprint density at radius 2 is 1.86 bits per heavy atom. The second kappa shape index (κ2) is 7.04. The lowest BCUT2D eigenvalue weighted by Crippen LogP contribution is -2.26. The highest BCUT2D eigenvalue weighted by atomic mass is 16.5. The summed E-state index contributed by atoms with van der Waals surface area (Å²) in [6.45, 7) is 2.23. The van der Waals surface area contributed by atoms with Gasteiger partial charge in [0.05, 0.1) is 6.20 Å². The summed E-state index contributed by atoms with van der Waals surface area (Å²) in [5, 5.41) is 3.38. The van der Waals surface area contributed by atoms with E-state index < -0.39 is 0 Å². The Kier molecular flexibility index (Phi) is 4.64. The Morgan fingerprint density at radius 1 is 1.05 bits per heavy atom. The summed E-state index contributed by atoms with van der Waals surface area (Å²) in [7, 11) is 0. The normalized spacial score (nSPS) is 16.2. The van der Waals surface area contributed by atoms with Gasteiger partial charge in [-0.1, -0.05) is 30.4 Å². The summed E-state index contributed by atoms with van der Waals surface area (Å²) in [5.74, 6) is 2.28. The van der Waals surface area contributed by atoms with E-state index in [1.165, 1.54) is 12.8 Å². The van der Waals surface area contributed by atoms with Crippen molar-refractivity contribution in [2.75, 3.05) is 13.1 Å². The third kappa shape index (κ3) is 4.17. The zero-order valence-corrected chi connectivity index (χ0v) is 12.0. The monoisotopic (exact) mass is 280 g/mol. The predicted molar refractivity (Wildman–Crippen MR) is 85.4 cm³/mol. The quantitative estimate of drug-likeness (QED) is 0.922. The van der Waals surface area contributed by atoms with Crippen LogP contribution in [0.3, 0.4) is 0 Å². The standard InChI is InChI=1S/C18H20N2O/c1-2-4-17(5-3-1)21-18-12-16(13-20-14-18)7-6-15-8-10-19-11-9-15/h1-7,12-15,19H,8-11H2/b7-6+. The predicted octanol–water partition coefficient (Wildman–Crippen LogP) is 3.89. The molecule has 0 atom stereocenters. The Labute approximate surface area is 125 Å². The molecule has 2 heterocycles. The number of hydrogen-bond donors (Lipinski definition) is 1. The van der Waals surface area contributed by atoms with Gasteiger partial charge < -0.3 is 10.1 Å². The van der Waals surface area contributed by atoms with Crippen LogP contribution in [-0.4, -0.2) is 18.1 Å². The molecule has 0 saturated carbocycles. The molecule has 108 valence electrons. The first-order valence-corrected chi connectivity index (χ1v) is 7.47. The lowest BCUT2D eigenvalue weighted by atomic mass is 9.97. The van der Waals surface area contributed by atoms with Crippen LogP contribution in [0.2, 0.25) is 0 Å². The number of hydrogen-bond acceptors (Lipinski definition) is 3. The molecule has 2 aromatic rings. The van der Waals surface area contributed by atoms with E-state index in [0.717, 1.165) is 30.2 Å². The number of aromatic nitrogens is 1. The number of allylic oxidation sites excluding steroid dienone is 1. The van der Waals surface area contributed by atoms with Crippen molar-refractivity contribution in [1.29, 1.82) is 0 Å². The van der Waals surface area contributed by atoms with Gasteiger partial charge in [-0.25, -0.2) is 0 Å². The zero-order valence-electron chi connectivity index (χ0n) is 12.0. The average Bonchev–Trinajstić information content (AvgIpc) is 2.55. The van der Waals surface area contributed by atoms with Gasteiger partial charge in [-0.2, -0.15) is 0 Å². The molecule has 0 radical (unpaired) electrons. The van der Waals surface area contributed by atoms with Crippen molar-refractivity contribution in [3.8, 4) is 11.5 Å². The lowest BCUT2D eigenvalue weighted by molar-refractivity contribution is 0.438. The fraction of sp³-hybridized carbons (Fsp3) is 0.278. The molecule has 0 aliphatic carbocycles. The van der Waals surface area contributed by atoms with E-state index in [0.29, 0.717) is 5.92 Å². The maximum Gasteiger partial charge on any atom is 0.146 e. The molecular weight excluding hydrogens is 260 g/mol. The van der Waals surface area contributed by atoms with Crippen molar-refractivity contribution >= 4 is 6.08 Å². The molecular formula is C18H20N2O. The van der Waals surface area contributed by atoms with Crippen LogP contribution in [-0.2, 0) is 0 Å². The van der Waals surface area contributed by atoms with Crippen LogP contribution in [0.15, 0.2) is 54.9 Å². The summed E-state index contributed by atoms with van der Waals surface area (Å²) in [6, 6.07) is 11.8. The number of nitrogens with zero attached hydrogens (tertiary/aromatic N) is 1. The van der Waals surface area contributed by atoms with Gasteiger partial charge in [-0.05, 0) is 55.6 Å².